The molecule has 1 atom stereocenters. The number of hydrogen-bond acceptors (Lipinski definition) is 6. The van der Waals surface area contributed by atoms with E-state index in [1.54, 1.807) is 12.1 Å². The zero-order valence-corrected chi connectivity index (χ0v) is 20.6. The maximum absolute atomic E-state index is 15.0. The molecule has 0 radical (unpaired) electrons. The molecule has 0 fully saturated rings. The number of nitrogens with zero attached hydrogens (tertiary/aromatic N) is 2. The Bertz CT molecular complexity index is 1450. The van der Waals surface area contributed by atoms with E-state index in [-0.39, 0.29) is 29.3 Å². The van der Waals surface area contributed by atoms with Gasteiger partial charge in [-0.1, -0.05) is 18.2 Å². The molecule has 0 saturated carbocycles. The Morgan fingerprint density at radius 3 is 2.37 bits per heavy atom. The summed E-state index contributed by atoms with van der Waals surface area (Å²) in [6.45, 7) is 1.37. The summed E-state index contributed by atoms with van der Waals surface area (Å²) in [5.74, 6) is -2.39. The number of benzene rings is 2. The van der Waals surface area contributed by atoms with Gasteiger partial charge in [-0.3, -0.25) is 14.8 Å². The Labute approximate surface area is 201 Å². The molecule has 0 aliphatic heterocycles. The zero-order valence-electron chi connectivity index (χ0n) is 19.8. The summed E-state index contributed by atoms with van der Waals surface area (Å²) in [5.41, 5.74) is 2.16. The summed E-state index contributed by atoms with van der Waals surface area (Å²) in [6.07, 6.45) is 1.37. The van der Waals surface area contributed by atoms with Gasteiger partial charge in [0.05, 0.1) is 5.39 Å². The van der Waals surface area contributed by atoms with Crippen LogP contribution in [0.25, 0.3) is 21.9 Å². The van der Waals surface area contributed by atoms with Crippen LogP contribution in [0.4, 0.5) is 8.78 Å². The average Bonchev–Trinajstić information content (AvgIpc) is 2.78. The van der Waals surface area contributed by atoms with Crippen molar-refractivity contribution in [3.05, 3.63) is 70.1 Å². The highest BCUT2D eigenvalue weighted by atomic mass is 32.2. The first-order valence-corrected chi connectivity index (χ1v) is 12.6. The van der Waals surface area contributed by atoms with Crippen LogP contribution in [-0.4, -0.2) is 54.1 Å². The minimum absolute atomic E-state index is 0.0144. The molecule has 2 N–H and O–H groups in total. The topological polar surface area (TPSA) is 109 Å². The van der Waals surface area contributed by atoms with E-state index in [1.165, 1.54) is 29.7 Å². The van der Waals surface area contributed by atoms with E-state index >= 15 is 4.39 Å². The van der Waals surface area contributed by atoms with Crippen LogP contribution in [0.1, 0.15) is 18.9 Å². The number of nitrogens with one attached hydrogen (secondary N) is 1. The van der Waals surface area contributed by atoms with Crippen molar-refractivity contribution in [2.75, 3.05) is 20.4 Å². The van der Waals surface area contributed by atoms with Crippen molar-refractivity contribution in [3.8, 4) is 11.1 Å². The number of carbonyl (C=O) groups excluding carboxylic acids is 1. The van der Waals surface area contributed by atoms with E-state index in [2.05, 4.69) is 0 Å². The SMILES string of the molecule is CN(C)Cc1ccc(-c2ccc3c(=O)n(CC[C@](C)(C(=O)NO)S(C)(=O)=O)cc(F)c3c2)c(F)c1. The van der Waals surface area contributed by atoms with E-state index in [1.807, 2.05) is 19.0 Å². The number of pyridine rings is 1. The fraction of sp³-hybridized carbons (Fsp3) is 0.333. The fourth-order valence-corrected chi connectivity index (χ4v) is 4.70. The highest BCUT2D eigenvalue weighted by molar-refractivity contribution is 7.92. The highest BCUT2D eigenvalue weighted by Gasteiger charge is 2.43. The lowest BCUT2D eigenvalue weighted by molar-refractivity contribution is -0.131. The van der Waals surface area contributed by atoms with Crippen LogP contribution >= 0.6 is 0 Å². The smallest absolute Gasteiger partial charge is 0.264 e. The second-order valence-corrected chi connectivity index (χ2v) is 11.4. The first-order valence-electron chi connectivity index (χ1n) is 10.7. The summed E-state index contributed by atoms with van der Waals surface area (Å²) < 4.78 is 53.0. The van der Waals surface area contributed by atoms with Crippen LogP contribution < -0.4 is 11.0 Å². The summed E-state index contributed by atoms with van der Waals surface area (Å²) in [7, 11) is -0.243. The predicted octanol–water partition coefficient (Wildman–Crippen LogP) is 2.71. The number of fused-ring (bicyclic) bond motifs is 1. The number of halogens is 2. The Morgan fingerprint density at radius 2 is 1.80 bits per heavy atom. The second-order valence-electron chi connectivity index (χ2n) is 8.98. The van der Waals surface area contributed by atoms with E-state index in [4.69, 9.17) is 5.21 Å². The average molecular weight is 508 g/mol. The molecule has 0 unspecified atom stereocenters. The summed E-state index contributed by atoms with van der Waals surface area (Å²) in [6, 6.07) is 9.08. The molecule has 1 heterocycles. The number of hydrogen-bond donors (Lipinski definition) is 2. The van der Waals surface area contributed by atoms with E-state index in [9.17, 15) is 22.4 Å². The van der Waals surface area contributed by atoms with Crippen LogP contribution in [0.2, 0.25) is 0 Å². The van der Waals surface area contributed by atoms with Crippen LogP contribution in [-0.2, 0) is 27.7 Å². The Hall–Kier alpha value is -3.15. The molecule has 3 rings (SSSR count). The molecule has 2 aromatic carbocycles. The van der Waals surface area contributed by atoms with Gasteiger partial charge < -0.3 is 9.47 Å². The zero-order chi connectivity index (χ0) is 26.1. The Balaban J connectivity index is 1.99. The maximum Gasteiger partial charge on any atom is 0.264 e. The number of carbonyl (C=O) groups is 1. The fourth-order valence-electron chi connectivity index (χ4n) is 3.86. The quantitative estimate of drug-likeness (QED) is 0.359. The summed E-state index contributed by atoms with van der Waals surface area (Å²) in [4.78, 5) is 26.9. The number of sulfone groups is 1. The van der Waals surface area contributed by atoms with Gasteiger partial charge in [0, 0.05) is 36.5 Å². The van der Waals surface area contributed by atoms with Gasteiger partial charge >= 0.3 is 0 Å². The molecular weight excluding hydrogens is 480 g/mol. The Morgan fingerprint density at radius 1 is 1.11 bits per heavy atom. The van der Waals surface area contributed by atoms with Crippen molar-refractivity contribution in [2.24, 2.45) is 0 Å². The van der Waals surface area contributed by atoms with Crippen molar-refractivity contribution < 1.29 is 27.2 Å². The molecule has 8 nitrogen and oxygen atoms in total. The molecular formula is C24H27F2N3O5S. The third kappa shape index (κ3) is 5.26. The molecule has 3 aromatic rings. The van der Waals surface area contributed by atoms with Crippen LogP contribution in [0.5, 0.6) is 0 Å². The Kier molecular flexibility index (Phi) is 7.44. The van der Waals surface area contributed by atoms with Crippen molar-refractivity contribution in [2.45, 2.75) is 31.2 Å². The number of amides is 1. The molecule has 35 heavy (non-hydrogen) atoms. The normalized spacial score (nSPS) is 13.7. The molecule has 11 heteroatoms. The molecule has 0 saturated heterocycles. The van der Waals surface area contributed by atoms with Crippen molar-refractivity contribution >= 4 is 26.5 Å². The second kappa shape index (κ2) is 9.84. The molecule has 1 aromatic heterocycles. The van der Waals surface area contributed by atoms with Gasteiger partial charge in [0.2, 0.25) is 0 Å². The standard InChI is InChI=1S/C24H27F2N3O5S/c1-24(23(31)27-32,35(4,33)34)9-10-29-14-21(26)19-12-16(6-8-18(19)22(29)30)17-7-5-15(11-20(17)25)13-28(2)3/h5-8,11-12,14,32H,9-10,13H2,1-4H3,(H,27,31)/t24-/m1/s1. The monoisotopic (exact) mass is 507 g/mol. The van der Waals surface area contributed by atoms with Gasteiger partial charge in [-0.05, 0) is 56.8 Å². The molecule has 0 aliphatic carbocycles. The van der Waals surface area contributed by atoms with Gasteiger partial charge in [-0.15, -0.1) is 0 Å². The van der Waals surface area contributed by atoms with Gasteiger partial charge in [0.25, 0.3) is 11.5 Å². The lowest BCUT2D eigenvalue weighted by Gasteiger charge is -2.25. The van der Waals surface area contributed by atoms with Crippen molar-refractivity contribution in [1.82, 2.24) is 14.9 Å². The molecule has 188 valence electrons. The number of hydroxylamine groups is 1. The van der Waals surface area contributed by atoms with E-state index in [0.29, 0.717) is 12.1 Å². The predicted molar refractivity (Wildman–Crippen MR) is 129 cm³/mol. The first-order chi connectivity index (χ1) is 16.3. The third-order valence-electron chi connectivity index (χ3n) is 6.11. The third-order valence-corrected chi connectivity index (χ3v) is 8.14. The molecule has 0 aliphatic rings. The summed E-state index contributed by atoms with van der Waals surface area (Å²) in [5, 5.41) is 8.95. The van der Waals surface area contributed by atoms with Gasteiger partial charge in [-0.25, -0.2) is 22.7 Å². The van der Waals surface area contributed by atoms with Gasteiger partial charge in [0.1, 0.15) is 11.6 Å². The lowest BCUT2D eigenvalue weighted by Crippen LogP contribution is -2.50. The van der Waals surface area contributed by atoms with E-state index in [0.717, 1.165) is 29.5 Å². The largest absolute Gasteiger partial charge is 0.312 e. The molecule has 1 amide bonds. The summed E-state index contributed by atoms with van der Waals surface area (Å²) >= 11 is 0. The minimum atomic E-state index is -3.98. The minimum Gasteiger partial charge on any atom is -0.312 e. The van der Waals surface area contributed by atoms with Crippen molar-refractivity contribution in [1.29, 1.82) is 0 Å². The highest BCUT2D eigenvalue weighted by Crippen LogP contribution is 2.28. The number of aryl methyl sites for hydroxylation is 1. The first kappa shape index (κ1) is 26.5. The van der Waals surface area contributed by atoms with Gasteiger partial charge in [-0.2, -0.15) is 0 Å². The van der Waals surface area contributed by atoms with Crippen LogP contribution in [0, 0.1) is 11.6 Å². The van der Waals surface area contributed by atoms with E-state index < -0.39 is 37.7 Å². The van der Waals surface area contributed by atoms with Crippen LogP contribution in [0.3, 0.4) is 0 Å². The number of rotatable bonds is 8. The van der Waals surface area contributed by atoms with Gasteiger partial charge in [0.15, 0.2) is 14.6 Å². The van der Waals surface area contributed by atoms with Crippen molar-refractivity contribution in [3.63, 3.8) is 0 Å². The lowest BCUT2D eigenvalue weighted by atomic mass is 10.00. The molecule has 0 bridgehead atoms. The molecule has 0 spiro atoms. The van der Waals surface area contributed by atoms with Crippen LogP contribution in [0.15, 0.2) is 47.4 Å². The number of aromatic nitrogens is 1. The maximum atomic E-state index is 15.0.